The van der Waals surface area contributed by atoms with E-state index in [0.717, 1.165) is 43.4 Å². The molecule has 140 valence electrons. The van der Waals surface area contributed by atoms with E-state index in [4.69, 9.17) is 0 Å². The molecule has 4 rings (SSSR count). The van der Waals surface area contributed by atoms with Gasteiger partial charge in [0.2, 0.25) is 11.8 Å². The van der Waals surface area contributed by atoms with E-state index >= 15 is 0 Å². The van der Waals surface area contributed by atoms with Crippen molar-refractivity contribution in [2.24, 2.45) is 0 Å². The molecule has 4 nitrogen and oxygen atoms in total. The molecule has 0 spiro atoms. The molecule has 1 N–H and O–H groups in total. The summed E-state index contributed by atoms with van der Waals surface area (Å²) in [5.41, 5.74) is 3.50. The van der Waals surface area contributed by atoms with Gasteiger partial charge in [-0.1, -0.05) is 54.6 Å². The van der Waals surface area contributed by atoms with Crippen molar-refractivity contribution in [2.45, 2.75) is 44.1 Å². The molecule has 1 saturated heterocycles. The Balaban J connectivity index is 1.54. The van der Waals surface area contributed by atoms with Gasteiger partial charge in [0.05, 0.1) is 12.0 Å². The largest absolute Gasteiger partial charge is 0.347 e. The molecule has 4 heteroatoms. The normalized spacial score (nSPS) is 20.2. The van der Waals surface area contributed by atoms with Gasteiger partial charge in [0.25, 0.3) is 0 Å². The maximum absolute atomic E-state index is 13.2. The molecule has 2 aliphatic rings. The van der Waals surface area contributed by atoms with Crippen LogP contribution < -0.4 is 5.32 Å². The van der Waals surface area contributed by atoms with Crippen molar-refractivity contribution in [3.63, 3.8) is 0 Å². The van der Waals surface area contributed by atoms with E-state index in [9.17, 15) is 9.59 Å². The van der Waals surface area contributed by atoms with Crippen LogP contribution in [0.2, 0.25) is 0 Å². The smallest absolute Gasteiger partial charge is 0.228 e. The fraction of sp³-hybridized carbons (Fsp3) is 0.391. The van der Waals surface area contributed by atoms with Crippen LogP contribution in [0.1, 0.15) is 54.3 Å². The summed E-state index contributed by atoms with van der Waals surface area (Å²) in [7, 11) is 0. The van der Waals surface area contributed by atoms with Crippen LogP contribution in [0, 0.1) is 0 Å². The van der Waals surface area contributed by atoms with Crippen LogP contribution in [-0.4, -0.2) is 29.8 Å². The third-order valence-corrected chi connectivity index (χ3v) is 5.78. The monoisotopic (exact) mass is 362 g/mol. The fourth-order valence-corrected chi connectivity index (χ4v) is 4.34. The lowest BCUT2D eigenvalue weighted by atomic mass is 9.82. The van der Waals surface area contributed by atoms with E-state index in [1.807, 2.05) is 47.4 Å². The van der Waals surface area contributed by atoms with Crippen molar-refractivity contribution in [2.75, 3.05) is 13.1 Å². The molecule has 1 fully saturated rings. The molecule has 1 heterocycles. The van der Waals surface area contributed by atoms with E-state index < -0.39 is 0 Å². The number of aryl methyl sites for hydroxylation is 1. The zero-order valence-electron chi connectivity index (χ0n) is 15.6. The number of fused-ring (bicyclic) bond motifs is 1. The fourth-order valence-electron chi connectivity index (χ4n) is 4.34. The first-order valence-corrected chi connectivity index (χ1v) is 9.93. The zero-order chi connectivity index (χ0) is 18.6. The highest BCUT2D eigenvalue weighted by molar-refractivity contribution is 5.85. The molecule has 0 radical (unpaired) electrons. The Bertz CT molecular complexity index is 818. The Morgan fingerprint density at radius 2 is 1.81 bits per heavy atom. The second-order valence-electron chi connectivity index (χ2n) is 7.56. The quantitative estimate of drug-likeness (QED) is 0.884. The average molecular weight is 362 g/mol. The summed E-state index contributed by atoms with van der Waals surface area (Å²) in [5, 5.41) is 3.26. The molecule has 2 atom stereocenters. The number of amides is 2. The van der Waals surface area contributed by atoms with Crippen molar-refractivity contribution in [1.29, 1.82) is 0 Å². The van der Waals surface area contributed by atoms with E-state index in [2.05, 4.69) is 17.4 Å². The van der Waals surface area contributed by atoms with Crippen LogP contribution in [0.3, 0.4) is 0 Å². The van der Waals surface area contributed by atoms with Crippen LogP contribution in [0.4, 0.5) is 0 Å². The van der Waals surface area contributed by atoms with Crippen molar-refractivity contribution in [1.82, 2.24) is 10.2 Å². The third-order valence-electron chi connectivity index (χ3n) is 5.78. The zero-order valence-corrected chi connectivity index (χ0v) is 15.6. The van der Waals surface area contributed by atoms with Crippen LogP contribution in [0.15, 0.2) is 54.6 Å². The van der Waals surface area contributed by atoms with E-state index in [-0.39, 0.29) is 23.8 Å². The summed E-state index contributed by atoms with van der Waals surface area (Å²) in [5.74, 6) is 0.159. The maximum Gasteiger partial charge on any atom is 0.228 e. The highest BCUT2D eigenvalue weighted by Crippen LogP contribution is 2.32. The summed E-state index contributed by atoms with van der Waals surface area (Å²) >= 11 is 0. The van der Waals surface area contributed by atoms with Gasteiger partial charge in [-0.3, -0.25) is 9.59 Å². The van der Waals surface area contributed by atoms with Gasteiger partial charge >= 0.3 is 0 Å². The van der Waals surface area contributed by atoms with Gasteiger partial charge < -0.3 is 10.2 Å². The lowest BCUT2D eigenvalue weighted by Crippen LogP contribution is -2.41. The number of carbonyl (C=O) groups is 2. The molecule has 0 aromatic heterocycles. The van der Waals surface area contributed by atoms with Crippen LogP contribution in [0.5, 0.6) is 0 Å². The number of nitrogens with zero attached hydrogens (tertiary/aromatic N) is 1. The lowest BCUT2D eigenvalue weighted by Gasteiger charge is -2.29. The van der Waals surface area contributed by atoms with Gasteiger partial charge in [-0.25, -0.2) is 0 Å². The standard InChI is InChI=1S/C23H26N2O2/c26-22-14-7-15-25(22)16-21(18-9-2-1-3-10-18)24-23(27)20-13-6-11-17-8-4-5-12-19(17)20/h1-5,8-10,12,20-21H,6-7,11,13-16H2,(H,24,27)/t20-,21-/m1/s1. The molecule has 0 saturated carbocycles. The molecule has 2 amide bonds. The first-order valence-electron chi connectivity index (χ1n) is 9.93. The number of nitrogens with one attached hydrogen (secondary N) is 1. The minimum atomic E-state index is -0.171. The Labute approximate surface area is 160 Å². The molecular weight excluding hydrogens is 336 g/mol. The topological polar surface area (TPSA) is 49.4 Å². The third kappa shape index (κ3) is 3.90. The van der Waals surface area contributed by atoms with Crippen LogP contribution in [0.25, 0.3) is 0 Å². The van der Waals surface area contributed by atoms with E-state index in [0.29, 0.717) is 13.0 Å². The lowest BCUT2D eigenvalue weighted by molar-refractivity contribution is -0.129. The van der Waals surface area contributed by atoms with Gasteiger partial charge in [0.15, 0.2) is 0 Å². The number of benzene rings is 2. The molecular formula is C23H26N2O2. The second-order valence-corrected chi connectivity index (χ2v) is 7.56. The van der Waals surface area contributed by atoms with Gasteiger partial charge in [-0.15, -0.1) is 0 Å². The number of likely N-dealkylation sites (tertiary alicyclic amines) is 1. The molecule has 2 aromatic rings. The second kappa shape index (κ2) is 7.95. The van der Waals surface area contributed by atoms with Gasteiger partial charge in [-0.2, -0.15) is 0 Å². The Hall–Kier alpha value is -2.62. The summed E-state index contributed by atoms with van der Waals surface area (Å²) in [6.45, 7) is 1.33. The molecule has 2 aromatic carbocycles. The van der Waals surface area contributed by atoms with Gasteiger partial charge in [0, 0.05) is 19.5 Å². The summed E-state index contributed by atoms with van der Waals surface area (Å²) in [4.78, 5) is 27.2. The Morgan fingerprint density at radius 3 is 2.59 bits per heavy atom. The molecule has 0 unspecified atom stereocenters. The molecule has 27 heavy (non-hydrogen) atoms. The van der Waals surface area contributed by atoms with Gasteiger partial charge in [-0.05, 0) is 42.4 Å². The number of rotatable bonds is 5. The van der Waals surface area contributed by atoms with Crippen molar-refractivity contribution in [3.8, 4) is 0 Å². The van der Waals surface area contributed by atoms with Gasteiger partial charge in [0.1, 0.15) is 0 Å². The molecule has 1 aliphatic carbocycles. The highest BCUT2D eigenvalue weighted by Gasteiger charge is 2.30. The molecule has 0 bridgehead atoms. The van der Waals surface area contributed by atoms with E-state index in [1.165, 1.54) is 5.56 Å². The minimum absolute atomic E-state index is 0.0719. The summed E-state index contributed by atoms with van der Waals surface area (Å²) < 4.78 is 0. The molecule has 1 aliphatic heterocycles. The predicted molar refractivity (Wildman–Crippen MR) is 105 cm³/mol. The average Bonchev–Trinajstić information content (AvgIpc) is 3.12. The number of carbonyl (C=O) groups excluding carboxylic acids is 2. The Kier molecular flexibility index (Phi) is 5.23. The van der Waals surface area contributed by atoms with Crippen LogP contribution >= 0.6 is 0 Å². The van der Waals surface area contributed by atoms with Crippen molar-refractivity contribution in [3.05, 3.63) is 71.3 Å². The first-order chi connectivity index (χ1) is 13.2. The summed E-state index contributed by atoms with van der Waals surface area (Å²) in [6.07, 6.45) is 4.49. The first kappa shape index (κ1) is 17.8. The van der Waals surface area contributed by atoms with E-state index in [1.54, 1.807) is 0 Å². The Morgan fingerprint density at radius 1 is 1.04 bits per heavy atom. The maximum atomic E-state index is 13.2. The predicted octanol–water partition coefficient (Wildman–Crippen LogP) is 3.59. The SMILES string of the molecule is O=C(N[C@H](CN1CCCC1=O)c1ccccc1)[C@@H]1CCCc2ccccc21. The number of hydrogen-bond donors (Lipinski definition) is 1. The minimum Gasteiger partial charge on any atom is -0.347 e. The number of hydrogen-bond acceptors (Lipinski definition) is 2. The van der Waals surface area contributed by atoms with Crippen molar-refractivity contribution >= 4 is 11.8 Å². The van der Waals surface area contributed by atoms with Crippen molar-refractivity contribution < 1.29 is 9.59 Å². The van der Waals surface area contributed by atoms with Crippen LogP contribution in [-0.2, 0) is 16.0 Å². The highest BCUT2D eigenvalue weighted by atomic mass is 16.2. The summed E-state index contributed by atoms with van der Waals surface area (Å²) in [6, 6.07) is 18.1.